The summed E-state index contributed by atoms with van der Waals surface area (Å²) in [5.41, 5.74) is 1.42. The number of benzene rings is 1. The molecule has 2 rings (SSSR count). The summed E-state index contributed by atoms with van der Waals surface area (Å²) in [5, 5.41) is 9.86. The van der Waals surface area contributed by atoms with E-state index in [-0.39, 0.29) is 5.82 Å². The number of carboxylic acids is 1. The number of imidazole rings is 1. The number of nitrogens with zero attached hydrogens (tertiary/aromatic N) is 1. The minimum absolute atomic E-state index is 0.134. The standard InChI is InChI=1S/C7H7.C4H4N2O2.Zn/c1-7-5-3-2-4-6-7;7-4(8)3-5-1-2-6-3;/h2-5H,1H3;1-2H,(H,5,6)(H,7,8);/q;;+1/p-1. The van der Waals surface area contributed by atoms with E-state index >= 15 is 0 Å². The number of aromatic carboxylic acids is 1. The van der Waals surface area contributed by atoms with Gasteiger partial charge in [-0.3, -0.25) is 0 Å². The second kappa shape index (κ2) is 6.18. The predicted octanol–water partition coefficient (Wildman–Crippen LogP) is -0.0597. The van der Waals surface area contributed by atoms with Gasteiger partial charge in [-0.15, -0.1) is 0 Å². The van der Waals surface area contributed by atoms with Gasteiger partial charge in [0.15, 0.2) is 5.82 Å². The molecule has 0 atom stereocenters. The molecule has 16 heavy (non-hydrogen) atoms. The molecule has 0 unspecified atom stereocenters. The van der Waals surface area contributed by atoms with Crippen LogP contribution in [0.15, 0.2) is 36.7 Å². The third kappa shape index (κ3) is 3.95. The van der Waals surface area contributed by atoms with Crippen molar-refractivity contribution in [2.45, 2.75) is 6.92 Å². The molecule has 78 valence electrons. The SMILES string of the molecule is Cc1cccc[c]1[Zn+].O=C([O-])c1ncc[nH]1. The van der Waals surface area contributed by atoms with Crippen molar-refractivity contribution in [2.75, 3.05) is 0 Å². The molecule has 0 saturated heterocycles. The van der Waals surface area contributed by atoms with Gasteiger partial charge in [-0.05, 0) is 0 Å². The van der Waals surface area contributed by atoms with Crippen molar-refractivity contribution in [3.63, 3.8) is 0 Å². The second-order valence-corrected chi connectivity index (χ2v) is 4.75. The van der Waals surface area contributed by atoms with Crippen LogP contribution in [0.25, 0.3) is 0 Å². The Bertz CT molecular complexity index is 434. The molecule has 0 spiro atoms. The van der Waals surface area contributed by atoms with E-state index in [1.807, 2.05) is 0 Å². The largest absolute Gasteiger partial charge is 0.542 e. The van der Waals surface area contributed by atoms with Crippen molar-refractivity contribution >= 4 is 10.1 Å². The average molecular weight is 268 g/mol. The summed E-state index contributed by atoms with van der Waals surface area (Å²) in [4.78, 5) is 15.6. The van der Waals surface area contributed by atoms with Gasteiger partial charge in [0.2, 0.25) is 0 Å². The zero-order chi connectivity index (χ0) is 12.0. The van der Waals surface area contributed by atoms with Crippen LogP contribution in [0.1, 0.15) is 16.2 Å². The number of hydrogen-bond acceptors (Lipinski definition) is 3. The third-order valence-corrected chi connectivity index (χ3v) is 3.62. The first-order chi connectivity index (χ1) is 7.61. The van der Waals surface area contributed by atoms with E-state index in [9.17, 15) is 9.90 Å². The first kappa shape index (κ1) is 12.6. The van der Waals surface area contributed by atoms with Crippen LogP contribution >= 0.6 is 0 Å². The van der Waals surface area contributed by atoms with Crippen LogP contribution in [0.3, 0.4) is 0 Å². The molecule has 1 aromatic heterocycles. The van der Waals surface area contributed by atoms with Gasteiger partial charge < -0.3 is 14.9 Å². The summed E-state index contributed by atoms with van der Waals surface area (Å²) in [5.74, 6) is -1.42. The smallest absolute Gasteiger partial charge is 0.152 e. The minimum atomic E-state index is -1.28. The van der Waals surface area contributed by atoms with E-state index in [1.54, 1.807) is 0 Å². The molecular weight excluding hydrogens is 258 g/mol. The maximum Gasteiger partial charge on any atom is 0.152 e. The molecule has 0 aliphatic carbocycles. The van der Waals surface area contributed by atoms with E-state index in [0.717, 1.165) is 0 Å². The molecule has 1 N–H and O–H groups in total. The van der Waals surface area contributed by atoms with Gasteiger partial charge in [-0.25, -0.2) is 4.98 Å². The fraction of sp³-hybridized carbons (Fsp3) is 0.0909. The molecule has 0 aliphatic heterocycles. The number of H-pyrrole nitrogens is 1. The Morgan fingerprint density at radius 2 is 2.12 bits per heavy atom. The first-order valence-electron chi connectivity index (χ1n) is 4.69. The van der Waals surface area contributed by atoms with Crippen molar-refractivity contribution in [3.05, 3.63) is 48.0 Å². The Morgan fingerprint density at radius 3 is 2.44 bits per heavy atom. The Hall–Kier alpha value is -1.48. The van der Waals surface area contributed by atoms with E-state index in [4.69, 9.17) is 0 Å². The summed E-state index contributed by atoms with van der Waals surface area (Å²) in [6.45, 7) is 2.15. The fourth-order valence-corrected chi connectivity index (χ4v) is 1.52. The fourth-order valence-electron chi connectivity index (χ4n) is 0.987. The van der Waals surface area contributed by atoms with Gasteiger partial charge in [0, 0.05) is 12.4 Å². The quantitative estimate of drug-likeness (QED) is 0.736. The Kier molecular flexibility index (Phi) is 4.86. The van der Waals surface area contributed by atoms with Crippen molar-refractivity contribution in [2.24, 2.45) is 0 Å². The number of aromatic nitrogens is 2. The number of hydrogen-bond donors (Lipinski definition) is 1. The zero-order valence-corrected chi connectivity index (χ0v) is 11.9. The molecule has 0 amide bonds. The first-order valence-corrected chi connectivity index (χ1v) is 6.18. The number of nitrogens with one attached hydrogen (secondary N) is 1. The van der Waals surface area contributed by atoms with E-state index < -0.39 is 5.97 Å². The monoisotopic (exact) mass is 266 g/mol. The van der Waals surface area contributed by atoms with Gasteiger partial charge in [-0.1, -0.05) is 0 Å². The van der Waals surface area contributed by atoms with Crippen LogP contribution in [-0.4, -0.2) is 15.9 Å². The van der Waals surface area contributed by atoms with E-state index in [0.29, 0.717) is 0 Å². The van der Waals surface area contributed by atoms with Crippen LogP contribution < -0.4 is 9.26 Å². The number of rotatable bonds is 1. The third-order valence-electron chi connectivity index (χ3n) is 1.95. The molecular formula is C11H10N2O2Zn. The summed E-state index contributed by atoms with van der Waals surface area (Å²) >= 11 is 1.27. The number of carboxylic acid groups (broad SMARTS) is 1. The Balaban J connectivity index is 0.000000160. The average Bonchev–Trinajstić information content (AvgIpc) is 2.77. The summed E-state index contributed by atoms with van der Waals surface area (Å²) in [6.07, 6.45) is 2.77. The minimum Gasteiger partial charge on any atom is -0.542 e. The molecule has 0 bridgehead atoms. The van der Waals surface area contributed by atoms with E-state index in [1.165, 1.54) is 40.4 Å². The van der Waals surface area contributed by atoms with Crippen LogP contribution in [0, 0.1) is 6.92 Å². The molecule has 0 fully saturated rings. The van der Waals surface area contributed by atoms with Crippen LogP contribution in [0.5, 0.6) is 0 Å². The molecule has 0 radical (unpaired) electrons. The maximum atomic E-state index is 9.86. The second-order valence-electron chi connectivity index (χ2n) is 3.15. The topological polar surface area (TPSA) is 68.8 Å². The van der Waals surface area contributed by atoms with Crippen molar-refractivity contribution < 1.29 is 28.2 Å². The molecule has 1 aromatic carbocycles. The normalized spacial score (nSPS) is 9.19. The zero-order valence-electron chi connectivity index (χ0n) is 8.93. The van der Waals surface area contributed by atoms with Crippen LogP contribution in [0.4, 0.5) is 0 Å². The number of carbonyl (C=O) groups excluding carboxylic acids is 1. The maximum absolute atomic E-state index is 9.86. The Labute approximate surface area is 103 Å². The molecule has 4 nitrogen and oxygen atoms in total. The molecule has 0 saturated carbocycles. The van der Waals surface area contributed by atoms with Gasteiger partial charge in [0.25, 0.3) is 0 Å². The van der Waals surface area contributed by atoms with Crippen LogP contribution in [0.2, 0.25) is 0 Å². The van der Waals surface area contributed by atoms with Gasteiger partial charge in [0.05, 0.1) is 0 Å². The van der Waals surface area contributed by atoms with Gasteiger partial charge in [-0.2, -0.15) is 0 Å². The van der Waals surface area contributed by atoms with Gasteiger partial charge in [0.1, 0.15) is 5.97 Å². The number of aromatic amines is 1. The Morgan fingerprint density at radius 1 is 1.44 bits per heavy atom. The molecule has 5 heteroatoms. The number of aryl methyl sites for hydroxylation is 1. The summed E-state index contributed by atoms with van der Waals surface area (Å²) in [7, 11) is 0. The van der Waals surface area contributed by atoms with Crippen molar-refractivity contribution in [1.82, 2.24) is 9.97 Å². The summed E-state index contributed by atoms with van der Waals surface area (Å²) in [6, 6.07) is 8.49. The molecule has 2 aromatic rings. The van der Waals surface area contributed by atoms with E-state index in [2.05, 4.69) is 41.2 Å². The van der Waals surface area contributed by atoms with Gasteiger partial charge >= 0.3 is 59.2 Å². The molecule has 1 heterocycles. The van der Waals surface area contributed by atoms with Crippen LogP contribution in [-0.2, 0) is 18.3 Å². The van der Waals surface area contributed by atoms with Crippen molar-refractivity contribution in [3.8, 4) is 0 Å². The predicted molar refractivity (Wildman–Crippen MR) is 53.7 cm³/mol. The number of carbonyl (C=O) groups is 1. The molecule has 0 aliphatic rings. The van der Waals surface area contributed by atoms with Crippen molar-refractivity contribution in [1.29, 1.82) is 0 Å². The summed E-state index contributed by atoms with van der Waals surface area (Å²) < 4.78 is 1.49.